The highest BCUT2D eigenvalue weighted by molar-refractivity contribution is 5.70. The zero-order valence-corrected chi connectivity index (χ0v) is 9.11. The van der Waals surface area contributed by atoms with Crippen LogP contribution in [0.3, 0.4) is 0 Å². The molecule has 0 fully saturated rings. The Morgan fingerprint density at radius 2 is 2.27 bits per heavy atom. The minimum atomic E-state index is -0.372. The predicted octanol–water partition coefficient (Wildman–Crippen LogP) is 1.75. The number of esters is 1. The van der Waals surface area contributed by atoms with Crippen LogP contribution in [-0.4, -0.2) is 25.2 Å². The van der Waals surface area contributed by atoms with Gasteiger partial charge in [0.05, 0.1) is 13.0 Å². The maximum atomic E-state index is 11.2. The largest absolute Gasteiger partial charge is 0.466 e. The van der Waals surface area contributed by atoms with Crippen LogP contribution < -0.4 is 0 Å². The van der Waals surface area contributed by atoms with Gasteiger partial charge >= 0.3 is 5.97 Å². The third kappa shape index (κ3) is 7.97. The summed E-state index contributed by atoms with van der Waals surface area (Å²) in [4.78, 5) is 21.4. The second-order valence-corrected chi connectivity index (χ2v) is 3.21. The third-order valence-corrected chi connectivity index (χ3v) is 1.90. The van der Waals surface area contributed by atoms with Crippen LogP contribution in [0, 0.1) is 6.92 Å². The topological polar surface area (TPSA) is 52.6 Å². The van der Waals surface area contributed by atoms with Crippen molar-refractivity contribution >= 4 is 12.4 Å². The van der Waals surface area contributed by atoms with Crippen molar-refractivity contribution in [1.29, 1.82) is 0 Å². The van der Waals surface area contributed by atoms with Gasteiger partial charge in [0.25, 0.3) is 6.47 Å². The van der Waals surface area contributed by atoms with Gasteiger partial charge in [-0.2, -0.15) is 0 Å². The molecule has 0 aromatic heterocycles. The average Bonchev–Trinajstić information content (AvgIpc) is 2.23. The zero-order valence-electron chi connectivity index (χ0n) is 9.11. The molecule has 15 heavy (non-hydrogen) atoms. The predicted molar refractivity (Wildman–Crippen MR) is 55.0 cm³/mol. The van der Waals surface area contributed by atoms with E-state index in [1.54, 1.807) is 0 Å². The van der Waals surface area contributed by atoms with E-state index in [1.165, 1.54) is 0 Å². The van der Waals surface area contributed by atoms with Crippen molar-refractivity contribution in [1.82, 2.24) is 0 Å². The normalized spacial score (nSPS) is 11.9. The number of hydrogen-bond donors (Lipinski definition) is 0. The molecule has 0 amide bonds. The first-order valence-electron chi connectivity index (χ1n) is 5.19. The maximum Gasteiger partial charge on any atom is 0.309 e. The standard InChI is InChI=1S/C11H18O4/c1-3-5-6-10(15-9-12)8-11(13)14-7-4-2/h2,9-10H,3-8H2,1H3. The van der Waals surface area contributed by atoms with Crippen LogP contribution in [0.2, 0.25) is 0 Å². The highest BCUT2D eigenvalue weighted by atomic mass is 16.5. The molecule has 0 heterocycles. The Morgan fingerprint density at radius 3 is 2.80 bits per heavy atom. The molecule has 0 aromatic rings. The zero-order chi connectivity index (χ0) is 11.5. The molecule has 0 aliphatic heterocycles. The van der Waals surface area contributed by atoms with E-state index in [0.717, 1.165) is 12.8 Å². The summed E-state index contributed by atoms with van der Waals surface area (Å²) in [5, 5.41) is 0. The van der Waals surface area contributed by atoms with Gasteiger partial charge < -0.3 is 9.47 Å². The summed E-state index contributed by atoms with van der Waals surface area (Å²) in [5.41, 5.74) is 0. The number of carbonyl (C=O) groups is 2. The van der Waals surface area contributed by atoms with Crippen LogP contribution in [-0.2, 0) is 19.1 Å². The Balaban J connectivity index is 3.80. The summed E-state index contributed by atoms with van der Waals surface area (Å²) in [7, 11) is 0. The van der Waals surface area contributed by atoms with Gasteiger partial charge in [0.2, 0.25) is 0 Å². The molecule has 0 aliphatic carbocycles. The van der Waals surface area contributed by atoms with E-state index < -0.39 is 0 Å². The molecule has 1 unspecified atom stereocenters. The first-order valence-corrected chi connectivity index (χ1v) is 5.19. The minimum Gasteiger partial charge on any atom is -0.466 e. The van der Waals surface area contributed by atoms with Gasteiger partial charge in [-0.3, -0.25) is 9.59 Å². The first-order chi connectivity index (χ1) is 7.24. The third-order valence-electron chi connectivity index (χ3n) is 1.90. The van der Waals surface area contributed by atoms with E-state index >= 15 is 0 Å². The number of rotatable bonds is 9. The van der Waals surface area contributed by atoms with Crippen molar-refractivity contribution in [2.45, 2.75) is 45.1 Å². The molecule has 0 aliphatic rings. The monoisotopic (exact) mass is 214 g/mol. The highest BCUT2D eigenvalue weighted by Gasteiger charge is 2.15. The van der Waals surface area contributed by atoms with Gasteiger partial charge in [0.1, 0.15) is 6.10 Å². The average molecular weight is 214 g/mol. The fraction of sp³-hybridized carbons (Fsp3) is 0.727. The molecule has 0 rings (SSSR count). The first kappa shape index (κ1) is 13.9. The summed E-state index contributed by atoms with van der Waals surface area (Å²) >= 11 is 0. The molecule has 1 atom stereocenters. The molecular weight excluding hydrogens is 196 g/mol. The van der Waals surface area contributed by atoms with E-state index in [9.17, 15) is 9.59 Å². The second kappa shape index (κ2) is 9.49. The van der Waals surface area contributed by atoms with Crippen molar-refractivity contribution in [3.8, 4) is 0 Å². The lowest BCUT2D eigenvalue weighted by Crippen LogP contribution is -2.19. The van der Waals surface area contributed by atoms with Gasteiger partial charge in [0, 0.05) is 0 Å². The van der Waals surface area contributed by atoms with Gasteiger partial charge in [-0.1, -0.05) is 19.8 Å². The lowest BCUT2D eigenvalue weighted by Gasteiger charge is -2.13. The molecule has 0 saturated carbocycles. The molecule has 0 bridgehead atoms. The van der Waals surface area contributed by atoms with E-state index in [0.29, 0.717) is 19.3 Å². The molecule has 86 valence electrons. The smallest absolute Gasteiger partial charge is 0.309 e. The van der Waals surface area contributed by atoms with Crippen molar-refractivity contribution in [2.24, 2.45) is 0 Å². The number of hydrogen-bond acceptors (Lipinski definition) is 4. The van der Waals surface area contributed by atoms with Crippen LogP contribution in [0.1, 0.15) is 39.0 Å². The Bertz CT molecular complexity index is 179. The van der Waals surface area contributed by atoms with E-state index in [4.69, 9.17) is 16.4 Å². The number of carbonyl (C=O) groups excluding carboxylic acids is 2. The van der Waals surface area contributed by atoms with Crippen molar-refractivity contribution in [3.05, 3.63) is 6.92 Å². The molecule has 4 heteroatoms. The SMILES string of the molecule is [CH]CCOC(=O)CC(CCCC)OC=O. The van der Waals surface area contributed by atoms with Gasteiger partial charge in [-0.25, -0.2) is 0 Å². The van der Waals surface area contributed by atoms with E-state index in [1.807, 2.05) is 6.92 Å². The number of unbranched alkanes of at least 4 members (excludes halogenated alkanes) is 1. The van der Waals surface area contributed by atoms with Crippen LogP contribution in [0.25, 0.3) is 0 Å². The van der Waals surface area contributed by atoms with Crippen molar-refractivity contribution in [3.63, 3.8) is 0 Å². The Labute approximate surface area is 90.9 Å². The van der Waals surface area contributed by atoms with Gasteiger partial charge in [-0.05, 0) is 19.8 Å². The molecule has 0 saturated heterocycles. The minimum absolute atomic E-state index is 0.110. The quantitative estimate of drug-likeness (QED) is 0.433. The summed E-state index contributed by atoms with van der Waals surface area (Å²) in [6.45, 7) is 7.79. The van der Waals surface area contributed by atoms with Crippen LogP contribution in [0.5, 0.6) is 0 Å². The Kier molecular flexibility index (Phi) is 8.82. The lowest BCUT2D eigenvalue weighted by molar-refractivity contribution is -0.149. The Morgan fingerprint density at radius 1 is 1.53 bits per heavy atom. The summed E-state index contributed by atoms with van der Waals surface area (Å²) < 4.78 is 9.57. The Hall–Kier alpha value is -1.06. The molecule has 0 spiro atoms. The molecule has 0 aromatic carbocycles. The summed E-state index contributed by atoms with van der Waals surface area (Å²) in [5.74, 6) is -0.372. The van der Waals surface area contributed by atoms with Gasteiger partial charge in [-0.15, -0.1) is 0 Å². The van der Waals surface area contributed by atoms with Crippen LogP contribution in [0.4, 0.5) is 0 Å². The fourth-order valence-corrected chi connectivity index (χ4v) is 1.15. The summed E-state index contributed by atoms with van der Waals surface area (Å²) in [6, 6.07) is 0. The van der Waals surface area contributed by atoms with Crippen molar-refractivity contribution in [2.75, 3.05) is 6.61 Å². The number of ether oxygens (including phenoxy) is 2. The summed E-state index contributed by atoms with van der Waals surface area (Å²) in [6.07, 6.45) is 2.65. The fourth-order valence-electron chi connectivity index (χ4n) is 1.15. The molecule has 4 nitrogen and oxygen atoms in total. The second-order valence-electron chi connectivity index (χ2n) is 3.21. The van der Waals surface area contributed by atoms with Gasteiger partial charge in [0.15, 0.2) is 0 Å². The molecular formula is C11H18O4. The van der Waals surface area contributed by atoms with E-state index in [-0.39, 0.29) is 25.1 Å². The molecule has 0 N–H and O–H groups in total. The maximum absolute atomic E-state index is 11.2. The van der Waals surface area contributed by atoms with Crippen LogP contribution in [0.15, 0.2) is 0 Å². The van der Waals surface area contributed by atoms with E-state index in [2.05, 4.69) is 0 Å². The lowest BCUT2D eigenvalue weighted by atomic mass is 10.1. The highest BCUT2D eigenvalue weighted by Crippen LogP contribution is 2.09. The van der Waals surface area contributed by atoms with Crippen LogP contribution >= 0.6 is 0 Å². The molecule has 2 radical (unpaired) electrons. The van der Waals surface area contributed by atoms with Crippen molar-refractivity contribution < 1.29 is 19.1 Å².